The number of anilines is 1. The van der Waals surface area contributed by atoms with Crippen molar-refractivity contribution in [3.05, 3.63) is 71.4 Å². The standard InChI is InChI=1S/C23H21N5O3/c1-30-19-12-16-15(21(24)29)8-5-9-18(16)28(19)23-26-17-10-11-31-20(17)22(27-23)25-13-14-6-3-2-4-7-14/h2-9,12H,10-11,13H2,1H3,(H2,24,29)(H,25,26,27). The monoisotopic (exact) mass is 415 g/mol. The third kappa shape index (κ3) is 3.31. The second-order valence-electron chi connectivity index (χ2n) is 7.21. The van der Waals surface area contributed by atoms with Crippen LogP contribution in [0.3, 0.4) is 0 Å². The lowest BCUT2D eigenvalue weighted by molar-refractivity contribution is 0.100. The molecule has 4 aromatic rings. The van der Waals surface area contributed by atoms with Crippen LogP contribution in [0, 0.1) is 0 Å². The average Bonchev–Trinajstić information content (AvgIpc) is 3.41. The smallest absolute Gasteiger partial charge is 0.249 e. The predicted molar refractivity (Wildman–Crippen MR) is 117 cm³/mol. The summed E-state index contributed by atoms with van der Waals surface area (Å²) >= 11 is 0. The van der Waals surface area contributed by atoms with Crippen LogP contribution in [0.15, 0.2) is 54.6 Å². The maximum absolute atomic E-state index is 11.9. The van der Waals surface area contributed by atoms with Crippen molar-refractivity contribution in [1.82, 2.24) is 14.5 Å². The zero-order chi connectivity index (χ0) is 21.4. The number of rotatable bonds is 6. The molecule has 5 rings (SSSR count). The van der Waals surface area contributed by atoms with Gasteiger partial charge in [0.2, 0.25) is 17.7 Å². The minimum atomic E-state index is -0.501. The van der Waals surface area contributed by atoms with Gasteiger partial charge >= 0.3 is 0 Å². The highest BCUT2D eigenvalue weighted by atomic mass is 16.5. The van der Waals surface area contributed by atoms with E-state index >= 15 is 0 Å². The highest BCUT2D eigenvalue weighted by Gasteiger charge is 2.24. The zero-order valence-corrected chi connectivity index (χ0v) is 17.0. The Morgan fingerprint density at radius 3 is 2.81 bits per heavy atom. The van der Waals surface area contributed by atoms with Crippen LogP contribution in [-0.4, -0.2) is 34.2 Å². The second kappa shape index (κ2) is 7.64. The number of nitrogens with one attached hydrogen (secondary N) is 1. The van der Waals surface area contributed by atoms with E-state index in [0.717, 1.165) is 16.8 Å². The molecule has 0 bridgehead atoms. The lowest BCUT2D eigenvalue weighted by atomic mass is 10.1. The van der Waals surface area contributed by atoms with Gasteiger partial charge < -0.3 is 20.5 Å². The molecule has 8 nitrogen and oxygen atoms in total. The van der Waals surface area contributed by atoms with E-state index in [9.17, 15) is 4.79 Å². The second-order valence-corrected chi connectivity index (χ2v) is 7.21. The van der Waals surface area contributed by atoms with Gasteiger partial charge in [-0.2, -0.15) is 4.98 Å². The van der Waals surface area contributed by atoms with Gasteiger partial charge in [-0.3, -0.25) is 4.79 Å². The van der Waals surface area contributed by atoms with Crippen LogP contribution in [0.25, 0.3) is 16.9 Å². The number of nitrogens with zero attached hydrogens (tertiary/aromatic N) is 3. The van der Waals surface area contributed by atoms with Crippen LogP contribution < -0.4 is 20.5 Å². The molecule has 0 aliphatic carbocycles. The molecule has 1 aliphatic rings. The summed E-state index contributed by atoms with van der Waals surface area (Å²) in [6.45, 7) is 1.16. The molecule has 1 aliphatic heterocycles. The topological polar surface area (TPSA) is 104 Å². The quantitative estimate of drug-likeness (QED) is 0.502. The lowest BCUT2D eigenvalue weighted by Gasteiger charge is -2.14. The number of carbonyl (C=O) groups excluding carboxylic acids is 1. The van der Waals surface area contributed by atoms with Crippen molar-refractivity contribution in [1.29, 1.82) is 0 Å². The first-order valence-corrected chi connectivity index (χ1v) is 9.96. The van der Waals surface area contributed by atoms with E-state index in [4.69, 9.17) is 25.2 Å². The SMILES string of the molecule is COc1cc2c(C(N)=O)cccc2n1-c1nc2c(c(NCc3ccccc3)n1)OCC2. The third-order valence-electron chi connectivity index (χ3n) is 5.30. The summed E-state index contributed by atoms with van der Waals surface area (Å²) in [4.78, 5) is 21.4. The molecular weight excluding hydrogens is 394 g/mol. The Morgan fingerprint density at radius 2 is 2.03 bits per heavy atom. The molecule has 0 saturated carbocycles. The van der Waals surface area contributed by atoms with E-state index in [-0.39, 0.29) is 0 Å². The molecule has 156 valence electrons. The van der Waals surface area contributed by atoms with E-state index < -0.39 is 5.91 Å². The fourth-order valence-corrected chi connectivity index (χ4v) is 3.83. The largest absolute Gasteiger partial charge is 0.487 e. The third-order valence-corrected chi connectivity index (χ3v) is 5.30. The summed E-state index contributed by atoms with van der Waals surface area (Å²) in [6, 6.07) is 17.2. The van der Waals surface area contributed by atoms with Crippen LogP contribution >= 0.6 is 0 Å². The summed E-state index contributed by atoms with van der Waals surface area (Å²) in [5, 5.41) is 4.06. The number of amides is 1. The Bertz CT molecular complexity index is 1280. The van der Waals surface area contributed by atoms with Gasteiger partial charge in [0, 0.05) is 30.0 Å². The molecule has 31 heavy (non-hydrogen) atoms. The van der Waals surface area contributed by atoms with E-state index in [1.54, 1.807) is 29.9 Å². The Hall–Kier alpha value is -4.07. The maximum atomic E-state index is 11.9. The fourth-order valence-electron chi connectivity index (χ4n) is 3.83. The van der Waals surface area contributed by atoms with Crippen LogP contribution in [-0.2, 0) is 13.0 Å². The van der Waals surface area contributed by atoms with E-state index in [2.05, 4.69) is 5.32 Å². The molecule has 3 heterocycles. The summed E-state index contributed by atoms with van der Waals surface area (Å²) < 4.78 is 13.2. The highest BCUT2D eigenvalue weighted by Crippen LogP contribution is 2.35. The molecule has 2 aromatic carbocycles. The van der Waals surface area contributed by atoms with Crippen LogP contribution in [0.5, 0.6) is 11.6 Å². The molecule has 0 atom stereocenters. The molecule has 0 unspecified atom stereocenters. The highest BCUT2D eigenvalue weighted by molar-refractivity contribution is 6.06. The molecule has 2 aromatic heterocycles. The van der Waals surface area contributed by atoms with Gasteiger partial charge in [0.05, 0.1) is 24.9 Å². The molecule has 0 fully saturated rings. The van der Waals surface area contributed by atoms with Gasteiger partial charge in [-0.25, -0.2) is 9.55 Å². The van der Waals surface area contributed by atoms with Gasteiger partial charge in [-0.15, -0.1) is 0 Å². The summed E-state index contributed by atoms with van der Waals surface area (Å²) in [5.41, 5.74) is 8.68. The Balaban J connectivity index is 1.63. The molecule has 0 radical (unpaired) electrons. The number of hydrogen-bond donors (Lipinski definition) is 2. The van der Waals surface area contributed by atoms with Gasteiger partial charge in [0.25, 0.3) is 0 Å². The summed E-state index contributed by atoms with van der Waals surface area (Å²) in [7, 11) is 1.57. The average molecular weight is 415 g/mol. The Labute approximate surface area is 178 Å². The number of ether oxygens (including phenoxy) is 2. The van der Waals surface area contributed by atoms with Gasteiger partial charge in [-0.05, 0) is 17.7 Å². The Kier molecular flexibility index (Phi) is 4.66. The van der Waals surface area contributed by atoms with Crippen molar-refractivity contribution < 1.29 is 14.3 Å². The molecule has 3 N–H and O–H groups in total. The molecule has 8 heteroatoms. The van der Waals surface area contributed by atoms with Crippen LogP contribution in [0.4, 0.5) is 5.82 Å². The Morgan fingerprint density at radius 1 is 1.19 bits per heavy atom. The minimum absolute atomic E-state index is 0.418. The van der Waals surface area contributed by atoms with Gasteiger partial charge in [0.1, 0.15) is 0 Å². The summed E-state index contributed by atoms with van der Waals surface area (Å²) in [6.07, 6.45) is 0.693. The normalized spacial score (nSPS) is 12.4. The minimum Gasteiger partial charge on any atom is -0.487 e. The first-order chi connectivity index (χ1) is 15.2. The van der Waals surface area contributed by atoms with Gasteiger partial charge in [0.15, 0.2) is 11.6 Å². The predicted octanol–water partition coefficient (Wildman–Crippen LogP) is 3.08. The molecular formula is C23H21N5O3. The molecule has 0 spiro atoms. The molecule has 0 saturated heterocycles. The van der Waals surface area contributed by atoms with Crippen molar-refractivity contribution in [2.24, 2.45) is 5.73 Å². The van der Waals surface area contributed by atoms with Gasteiger partial charge in [-0.1, -0.05) is 36.4 Å². The number of benzene rings is 2. The van der Waals surface area contributed by atoms with Crippen molar-refractivity contribution in [2.45, 2.75) is 13.0 Å². The number of methoxy groups -OCH3 is 1. The first-order valence-electron chi connectivity index (χ1n) is 9.96. The van der Waals surface area contributed by atoms with Crippen molar-refractivity contribution in [2.75, 3.05) is 19.0 Å². The zero-order valence-electron chi connectivity index (χ0n) is 17.0. The van der Waals surface area contributed by atoms with Crippen LogP contribution in [0.1, 0.15) is 21.6 Å². The first kappa shape index (κ1) is 18.9. The lowest BCUT2D eigenvalue weighted by Crippen LogP contribution is -2.11. The molecule has 1 amide bonds. The number of nitrogens with two attached hydrogens (primary N) is 1. The van der Waals surface area contributed by atoms with Crippen molar-refractivity contribution in [3.63, 3.8) is 0 Å². The van der Waals surface area contributed by atoms with Crippen LogP contribution in [0.2, 0.25) is 0 Å². The summed E-state index contributed by atoms with van der Waals surface area (Å²) in [5.74, 6) is 1.74. The number of primary amides is 1. The van der Waals surface area contributed by atoms with Crippen molar-refractivity contribution in [3.8, 4) is 17.6 Å². The number of fused-ring (bicyclic) bond motifs is 2. The number of carbonyl (C=O) groups is 1. The van der Waals surface area contributed by atoms with Crippen molar-refractivity contribution >= 4 is 22.6 Å². The maximum Gasteiger partial charge on any atom is 0.249 e. The van der Waals surface area contributed by atoms with E-state index in [1.165, 1.54) is 0 Å². The van der Waals surface area contributed by atoms with E-state index in [0.29, 0.717) is 53.9 Å². The number of aromatic nitrogens is 3. The fraction of sp³-hybridized carbons (Fsp3) is 0.174. The van der Waals surface area contributed by atoms with E-state index in [1.807, 2.05) is 36.4 Å². The number of hydrogen-bond acceptors (Lipinski definition) is 6.